The maximum Gasteiger partial charge on any atom is 0.419 e. The van der Waals surface area contributed by atoms with Crippen molar-refractivity contribution < 1.29 is 36.3 Å². The molecule has 1 spiro atoms. The van der Waals surface area contributed by atoms with E-state index in [9.17, 15) is 31.5 Å². The molecule has 4 heterocycles. The Morgan fingerprint density at radius 1 is 1.02 bits per heavy atom. The van der Waals surface area contributed by atoms with Gasteiger partial charge in [-0.1, -0.05) is 6.07 Å². The molecule has 2 amide bonds. The minimum atomic E-state index is -4.94. The van der Waals surface area contributed by atoms with E-state index in [1.54, 1.807) is 18.2 Å². The van der Waals surface area contributed by atoms with Gasteiger partial charge in [-0.2, -0.15) is 18.3 Å². The third kappa shape index (κ3) is 4.77. The van der Waals surface area contributed by atoms with Crippen molar-refractivity contribution >= 4 is 17.7 Å². The van der Waals surface area contributed by atoms with Gasteiger partial charge < -0.3 is 9.64 Å². The van der Waals surface area contributed by atoms with Gasteiger partial charge in [0, 0.05) is 49.5 Å². The number of hydrogen-bond acceptors (Lipinski definition) is 5. The predicted molar refractivity (Wildman–Crippen MR) is 135 cm³/mol. The molecule has 2 aliphatic rings. The van der Waals surface area contributed by atoms with Crippen molar-refractivity contribution in [3.63, 3.8) is 0 Å². The molecule has 0 atom stereocenters. The lowest BCUT2D eigenvalue weighted by Crippen LogP contribution is -2.49. The van der Waals surface area contributed by atoms with Crippen molar-refractivity contribution in [2.24, 2.45) is 0 Å². The first-order valence-corrected chi connectivity index (χ1v) is 12.5. The Morgan fingerprint density at radius 2 is 1.80 bits per heavy atom. The number of nitrogens with one attached hydrogen (secondary N) is 1. The van der Waals surface area contributed by atoms with Gasteiger partial charge in [-0.25, -0.2) is 18.3 Å². The highest BCUT2D eigenvalue weighted by Crippen LogP contribution is 2.44. The molecule has 4 aromatic rings. The van der Waals surface area contributed by atoms with Gasteiger partial charge in [0.2, 0.25) is 0 Å². The number of carbonyl (C=O) groups excluding carboxylic acids is 2. The largest absolute Gasteiger partial charge is 0.438 e. The smallest absolute Gasteiger partial charge is 0.419 e. The number of rotatable bonds is 3. The molecule has 1 saturated heterocycles. The molecule has 0 radical (unpaired) electrons. The van der Waals surface area contributed by atoms with Crippen LogP contribution >= 0.6 is 0 Å². The third-order valence-corrected chi connectivity index (χ3v) is 7.24. The Morgan fingerprint density at radius 3 is 2.51 bits per heavy atom. The summed E-state index contributed by atoms with van der Waals surface area (Å²) in [7, 11) is 0. The molecule has 2 aromatic carbocycles. The Balaban J connectivity index is 1.32. The number of benzene rings is 2. The molecule has 6 rings (SSSR count). The number of nitrogens with zero attached hydrogens (tertiary/aromatic N) is 4. The molecular weight excluding hydrogens is 549 g/mol. The number of carbonyl (C=O) groups is 2. The number of pyridine rings is 1. The van der Waals surface area contributed by atoms with Crippen LogP contribution in [0, 0.1) is 11.6 Å². The second kappa shape index (κ2) is 9.68. The van der Waals surface area contributed by atoms with Gasteiger partial charge in [0.1, 0.15) is 17.2 Å². The molecule has 8 nitrogen and oxygen atoms in total. The van der Waals surface area contributed by atoms with E-state index in [0.717, 1.165) is 10.7 Å². The van der Waals surface area contributed by atoms with Gasteiger partial charge >= 0.3 is 12.3 Å². The fraction of sp³-hybridized carbons (Fsp3) is 0.214. The highest BCUT2D eigenvalue weighted by molar-refractivity contribution is 5.94. The molecule has 0 saturated carbocycles. The number of piperidine rings is 1. The summed E-state index contributed by atoms with van der Waals surface area (Å²) in [6.07, 6.45) is -2.22. The summed E-state index contributed by atoms with van der Waals surface area (Å²) in [5.74, 6) is -2.45. The van der Waals surface area contributed by atoms with Gasteiger partial charge in [0.25, 0.3) is 5.91 Å². The van der Waals surface area contributed by atoms with Crippen molar-refractivity contribution in [3.8, 4) is 16.9 Å². The molecule has 210 valence electrons. The molecule has 41 heavy (non-hydrogen) atoms. The first-order valence-electron chi connectivity index (χ1n) is 12.5. The minimum Gasteiger partial charge on any atom is -0.438 e. The zero-order chi connectivity index (χ0) is 28.9. The van der Waals surface area contributed by atoms with Gasteiger partial charge in [0.15, 0.2) is 5.69 Å². The number of amides is 2. The first-order chi connectivity index (χ1) is 19.5. The summed E-state index contributed by atoms with van der Waals surface area (Å²) in [5.41, 5.74) is -1.01. The number of fused-ring (bicyclic) bond motifs is 2. The van der Waals surface area contributed by atoms with Crippen LogP contribution in [0.3, 0.4) is 0 Å². The van der Waals surface area contributed by atoms with Crippen LogP contribution in [0.1, 0.15) is 34.5 Å². The monoisotopic (exact) mass is 569 g/mol. The highest BCUT2D eigenvalue weighted by atomic mass is 19.4. The Kier molecular flexibility index (Phi) is 6.24. The van der Waals surface area contributed by atoms with Gasteiger partial charge in [-0.3, -0.25) is 15.1 Å². The molecule has 1 fully saturated rings. The molecule has 2 aliphatic heterocycles. The number of aromatic nitrogens is 3. The summed E-state index contributed by atoms with van der Waals surface area (Å²) in [6.45, 7) is 0.319. The predicted octanol–water partition coefficient (Wildman–Crippen LogP) is 5.92. The summed E-state index contributed by atoms with van der Waals surface area (Å²) < 4.78 is 74.9. The number of ether oxygens (including phenoxy) is 1. The molecule has 0 bridgehead atoms. The summed E-state index contributed by atoms with van der Waals surface area (Å²) in [5, 5.41) is 6.81. The van der Waals surface area contributed by atoms with Crippen molar-refractivity contribution in [3.05, 3.63) is 95.4 Å². The second-order valence-corrected chi connectivity index (χ2v) is 9.72. The zero-order valence-corrected chi connectivity index (χ0v) is 21.1. The lowest BCUT2D eigenvalue weighted by molar-refractivity contribution is -0.140. The molecule has 0 aliphatic carbocycles. The molecule has 0 unspecified atom stereocenters. The van der Waals surface area contributed by atoms with E-state index in [2.05, 4.69) is 15.4 Å². The Bertz CT molecular complexity index is 1660. The average molecular weight is 569 g/mol. The van der Waals surface area contributed by atoms with E-state index in [-0.39, 0.29) is 43.0 Å². The van der Waals surface area contributed by atoms with Crippen LogP contribution in [0.2, 0.25) is 0 Å². The Hall–Kier alpha value is -4.81. The Labute approximate surface area is 229 Å². The summed E-state index contributed by atoms with van der Waals surface area (Å²) in [4.78, 5) is 31.3. The van der Waals surface area contributed by atoms with E-state index < -0.39 is 41.0 Å². The normalized spacial score (nSPS) is 16.2. The molecule has 13 heteroatoms. The van der Waals surface area contributed by atoms with Gasteiger partial charge in [-0.05, 0) is 48.5 Å². The van der Waals surface area contributed by atoms with Crippen molar-refractivity contribution in [2.75, 3.05) is 18.4 Å². The van der Waals surface area contributed by atoms with Crippen LogP contribution in [0.4, 0.5) is 32.4 Å². The van der Waals surface area contributed by atoms with Crippen LogP contribution < -0.4 is 5.32 Å². The van der Waals surface area contributed by atoms with E-state index in [1.165, 1.54) is 35.5 Å². The maximum absolute atomic E-state index is 14.0. The quantitative estimate of drug-likeness (QED) is 0.309. The fourth-order valence-corrected chi connectivity index (χ4v) is 5.25. The average Bonchev–Trinajstić information content (AvgIpc) is 3.38. The van der Waals surface area contributed by atoms with Crippen LogP contribution in [-0.4, -0.2) is 44.8 Å². The number of anilines is 1. The zero-order valence-electron chi connectivity index (χ0n) is 21.1. The number of alkyl halides is 3. The highest BCUT2D eigenvalue weighted by Gasteiger charge is 2.45. The molecule has 1 N–H and O–H groups in total. The SMILES string of the molecule is O=C1Nc2cc(F)ccc2C2(CCN(C(=O)c3cc(-c4cccnc4)n(-c4ccc(F)c(C(F)(F)F)c4)n3)CC2)O1. The van der Waals surface area contributed by atoms with Crippen molar-refractivity contribution in [2.45, 2.75) is 24.6 Å². The van der Waals surface area contributed by atoms with Gasteiger partial charge in [-0.15, -0.1) is 0 Å². The van der Waals surface area contributed by atoms with Crippen LogP contribution in [0.5, 0.6) is 0 Å². The summed E-state index contributed by atoms with van der Waals surface area (Å²) >= 11 is 0. The maximum atomic E-state index is 14.0. The second-order valence-electron chi connectivity index (χ2n) is 9.72. The number of halogens is 5. The topological polar surface area (TPSA) is 89.4 Å². The van der Waals surface area contributed by atoms with Crippen molar-refractivity contribution in [1.29, 1.82) is 0 Å². The molecule has 2 aromatic heterocycles. The lowest BCUT2D eigenvalue weighted by Gasteiger charge is -2.44. The van der Waals surface area contributed by atoms with E-state index >= 15 is 0 Å². The first kappa shape index (κ1) is 26.4. The van der Waals surface area contributed by atoms with Crippen LogP contribution in [0.15, 0.2) is 67.0 Å². The minimum absolute atomic E-state index is 0.0533. The standard InChI is InChI=1S/C28H20F5N5O3/c29-17-3-5-19-22(12-17)35-26(40)41-27(19)7-10-37(11-8-27)25(39)23-14-24(16-2-1-9-34-15-16)38(36-23)18-4-6-21(30)20(13-18)28(31,32)33/h1-6,9,12-15H,7-8,10-11H2,(H,35,40). The number of hydrogen-bond donors (Lipinski definition) is 1. The third-order valence-electron chi connectivity index (χ3n) is 7.24. The van der Waals surface area contributed by atoms with E-state index in [0.29, 0.717) is 28.9 Å². The fourth-order valence-electron chi connectivity index (χ4n) is 5.25. The van der Waals surface area contributed by atoms with Crippen molar-refractivity contribution in [1.82, 2.24) is 19.7 Å². The molecular formula is C28H20F5N5O3. The van der Waals surface area contributed by atoms with E-state index in [4.69, 9.17) is 4.74 Å². The van der Waals surface area contributed by atoms with E-state index in [1.807, 2.05) is 0 Å². The van der Waals surface area contributed by atoms with Gasteiger partial charge in [0.05, 0.1) is 22.6 Å². The summed E-state index contributed by atoms with van der Waals surface area (Å²) in [6, 6.07) is 11.2. The van der Waals surface area contributed by atoms with Crippen LogP contribution in [-0.2, 0) is 16.5 Å². The van der Waals surface area contributed by atoms with Crippen LogP contribution in [0.25, 0.3) is 16.9 Å². The lowest BCUT2D eigenvalue weighted by atomic mass is 9.82. The number of likely N-dealkylation sites (tertiary alicyclic amines) is 1.